The Bertz CT molecular complexity index is 556. The van der Waals surface area contributed by atoms with Gasteiger partial charge in [0.2, 0.25) is 0 Å². The van der Waals surface area contributed by atoms with Crippen LogP contribution in [0.1, 0.15) is 29.8 Å². The highest BCUT2D eigenvalue weighted by atomic mass is 16.3. The first-order chi connectivity index (χ1) is 7.65. The van der Waals surface area contributed by atoms with Crippen LogP contribution in [0.15, 0.2) is 30.3 Å². The maximum absolute atomic E-state index is 11.4. The van der Waals surface area contributed by atoms with Crippen LogP contribution in [0.2, 0.25) is 0 Å². The third-order valence-corrected chi connectivity index (χ3v) is 2.86. The van der Waals surface area contributed by atoms with Crippen molar-refractivity contribution in [2.45, 2.75) is 20.3 Å². The van der Waals surface area contributed by atoms with Gasteiger partial charge in [-0.1, -0.05) is 31.2 Å². The fourth-order valence-electron chi connectivity index (χ4n) is 2.00. The van der Waals surface area contributed by atoms with Crippen LogP contribution >= 0.6 is 0 Å². The number of aryl methyl sites for hydroxylation is 1. The normalized spacial score (nSPS) is 10.6. The lowest BCUT2D eigenvalue weighted by Gasteiger charge is -2.10. The highest BCUT2D eigenvalue weighted by molar-refractivity contribution is 6.04. The van der Waals surface area contributed by atoms with Gasteiger partial charge in [0.05, 0.1) is 5.56 Å². The fraction of sp³-hybridized carbons (Fsp3) is 0.214. The molecule has 0 unspecified atom stereocenters. The van der Waals surface area contributed by atoms with Crippen molar-refractivity contribution in [1.82, 2.24) is 0 Å². The van der Waals surface area contributed by atoms with Crippen LogP contribution in [-0.4, -0.2) is 10.9 Å². The molecule has 2 nitrogen and oxygen atoms in total. The highest BCUT2D eigenvalue weighted by Crippen LogP contribution is 2.32. The fourth-order valence-corrected chi connectivity index (χ4v) is 2.00. The smallest absolute Gasteiger partial charge is 0.163 e. The number of carbonyl (C=O) groups is 1. The van der Waals surface area contributed by atoms with Gasteiger partial charge in [0.1, 0.15) is 5.75 Å². The number of hydrogen-bond donors (Lipinski definition) is 1. The summed E-state index contributed by atoms with van der Waals surface area (Å²) in [6.07, 6.45) is 0.848. The summed E-state index contributed by atoms with van der Waals surface area (Å²) in [7, 11) is 0. The molecule has 2 aromatic carbocycles. The minimum absolute atomic E-state index is 0.0975. The lowest BCUT2D eigenvalue weighted by molar-refractivity contribution is 0.101. The Hall–Kier alpha value is -1.83. The van der Waals surface area contributed by atoms with Gasteiger partial charge in [-0.05, 0) is 30.4 Å². The van der Waals surface area contributed by atoms with Crippen molar-refractivity contribution in [3.8, 4) is 5.75 Å². The van der Waals surface area contributed by atoms with Crippen LogP contribution < -0.4 is 0 Å². The second-order valence-electron chi connectivity index (χ2n) is 3.89. The summed E-state index contributed by atoms with van der Waals surface area (Å²) in [6, 6.07) is 9.41. The average Bonchev–Trinajstić information content (AvgIpc) is 2.29. The van der Waals surface area contributed by atoms with Gasteiger partial charge in [-0.3, -0.25) is 4.79 Å². The number of aromatic hydroxyl groups is 1. The maximum atomic E-state index is 11.4. The standard InChI is InChI=1S/C14H14O2/c1-3-10-8-13(9(2)15)14(16)12-7-5-4-6-11(10)12/h4-8,16H,3H2,1-2H3. The van der Waals surface area contributed by atoms with Crippen LogP contribution in [0.4, 0.5) is 0 Å². The van der Waals surface area contributed by atoms with E-state index in [-0.39, 0.29) is 11.5 Å². The number of phenolic OH excluding ortho intramolecular Hbond substituents is 1. The van der Waals surface area contributed by atoms with Crippen LogP contribution in [0.5, 0.6) is 5.75 Å². The largest absolute Gasteiger partial charge is 0.507 e. The van der Waals surface area contributed by atoms with Crippen LogP contribution in [0, 0.1) is 0 Å². The number of rotatable bonds is 2. The first-order valence-corrected chi connectivity index (χ1v) is 5.39. The van der Waals surface area contributed by atoms with E-state index in [1.165, 1.54) is 6.92 Å². The minimum Gasteiger partial charge on any atom is -0.507 e. The Morgan fingerprint density at radius 3 is 2.44 bits per heavy atom. The van der Waals surface area contributed by atoms with Gasteiger partial charge in [-0.2, -0.15) is 0 Å². The Kier molecular flexibility index (Phi) is 2.65. The highest BCUT2D eigenvalue weighted by Gasteiger charge is 2.12. The molecule has 0 aliphatic rings. The van der Waals surface area contributed by atoms with E-state index in [1.54, 1.807) is 6.07 Å². The summed E-state index contributed by atoms with van der Waals surface area (Å²) < 4.78 is 0. The molecule has 0 aliphatic carbocycles. The van der Waals surface area contributed by atoms with Gasteiger partial charge in [0, 0.05) is 5.39 Å². The van der Waals surface area contributed by atoms with Gasteiger partial charge in [-0.25, -0.2) is 0 Å². The number of hydrogen-bond acceptors (Lipinski definition) is 2. The Morgan fingerprint density at radius 2 is 1.88 bits per heavy atom. The first-order valence-electron chi connectivity index (χ1n) is 5.39. The second-order valence-corrected chi connectivity index (χ2v) is 3.89. The molecular weight excluding hydrogens is 200 g/mol. The van der Waals surface area contributed by atoms with E-state index in [4.69, 9.17) is 0 Å². The number of carbonyl (C=O) groups excluding carboxylic acids is 1. The average molecular weight is 214 g/mol. The van der Waals surface area contributed by atoms with E-state index in [0.717, 1.165) is 22.8 Å². The van der Waals surface area contributed by atoms with E-state index in [0.29, 0.717) is 5.56 Å². The van der Waals surface area contributed by atoms with Gasteiger partial charge in [0.25, 0.3) is 0 Å². The molecule has 0 aromatic heterocycles. The number of benzene rings is 2. The molecule has 0 fully saturated rings. The summed E-state index contributed by atoms with van der Waals surface area (Å²) >= 11 is 0. The number of Topliss-reactive ketones (excluding diaryl/α,β-unsaturated/α-hetero) is 1. The van der Waals surface area contributed by atoms with Crippen molar-refractivity contribution >= 4 is 16.6 Å². The van der Waals surface area contributed by atoms with Crippen molar-refractivity contribution in [3.05, 3.63) is 41.5 Å². The van der Waals surface area contributed by atoms with Crippen molar-refractivity contribution in [2.75, 3.05) is 0 Å². The summed E-state index contributed by atoms with van der Waals surface area (Å²) in [5, 5.41) is 11.8. The van der Waals surface area contributed by atoms with E-state index >= 15 is 0 Å². The van der Waals surface area contributed by atoms with Gasteiger partial charge >= 0.3 is 0 Å². The Morgan fingerprint density at radius 1 is 1.25 bits per heavy atom. The molecule has 0 saturated carbocycles. The van der Waals surface area contributed by atoms with E-state index in [2.05, 4.69) is 0 Å². The number of phenols is 1. The Labute approximate surface area is 94.5 Å². The molecule has 82 valence electrons. The molecule has 0 spiro atoms. The van der Waals surface area contributed by atoms with Crippen LogP contribution in [0.25, 0.3) is 10.8 Å². The van der Waals surface area contributed by atoms with Gasteiger partial charge in [-0.15, -0.1) is 0 Å². The molecule has 0 radical (unpaired) electrons. The van der Waals surface area contributed by atoms with Crippen LogP contribution in [0.3, 0.4) is 0 Å². The molecule has 0 aliphatic heterocycles. The van der Waals surface area contributed by atoms with Crippen LogP contribution in [-0.2, 0) is 6.42 Å². The molecule has 2 aromatic rings. The third-order valence-electron chi connectivity index (χ3n) is 2.86. The van der Waals surface area contributed by atoms with Crippen molar-refractivity contribution in [1.29, 1.82) is 0 Å². The van der Waals surface area contributed by atoms with E-state index < -0.39 is 0 Å². The zero-order chi connectivity index (χ0) is 11.7. The quantitative estimate of drug-likeness (QED) is 0.779. The van der Waals surface area contributed by atoms with E-state index in [9.17, 15) is 9.90 Å². The maximum Gasteiger partial charge on any atom is 0.163 e. The Balaban J connectivity index is 2.88. The summed E-state index contributed by atoms with van der Waals surface area (Å²) in [4.78, 5) is 11.4. The molecule has 0 heterocycles. The molecule has 1 N–H and O–H groups in total. The molecular formula is C14H14O2. The lowest BCUT2D eigenvalue weighted by atomic mass is 9.96. The predicted molar refractivity (Wildman–Crippen MR) is 65.0 cm³/mol. The van der Waals surface area contributed by atoms with E-state index in [1.807, 2.05) is 31.2 Å². The monoisotopic (exact) mass is 214 g/mol. The van der Waals surface area contributed by atoms with Crippen molar-refractivity contribution in [2.24, 2.45) is 0 Å². The third kappa shape index (κ3) is 1.56. The van der Waals surface area contributed by atoms with Gasteiger partial charge in [0.15, 0.2) is 5.78 Å². The molecule has 16 heavy (non-hydrogen) atoms. The second kappa shape index (κ2) is 3.97. The molecule has 0 bridgehead atoms. The number of fused-ring (bicyclic) bond motifs is 1. The predicted octanol–water partition coefficient (Wildman–Crippen LogP) is 3.31. The lowest BCUT2D eigenvalue weighted by Crippen LogP contribution is -1.96. The molecule has 2 rings (SSSR count). The summed E-state index contributed by atoms with van der Waals surface area (Å²) in [5.74, 6) is -0.00162. The van der Waals surface area contributed by atoms with Crippen molar-refractivity contribution in [3.63, 3.8) is 0 Å². The molecule has 2 heteroatoms. The van der Waals surface area contributed by atoms with Gasteiger partial charge < -0.3 is 5.11 Å². The zero-order valence-corrected chi connectivity index (χ0v) is 9.45. The molecule has 0 amide bonds. The topological polar surface area (TPSA) is 37.3 Å². The molecule has 0 atom stereocenters. The first kappa shape index (κ1) is 10.7. The zero-order valence-electron chi connectivity index (χ0n) is 9.45. The summed E-state index contributed by atoms with van der Waals surface area (Å²) in [5.41, 5.74) is 1.51. The number of ketones is 1. The van der Waals surface area contributed by atoms with Crippen molar-refractivity contribution < 1.29 is 9.90 Å². The molecule has 0 saturated heterocycles. The summed E-state index contributed by atoms with van der Waals surface area (Å²) in [6.45, 7) is 3.52. The SMILES string of the molecule is CCc1cc(C(C)=O)c(O)c2ccccc12. The minimum atomic E-state index is -0.0991.